The topological polar surface area (TPSA) is 3.24 Å². The molecular formula is C13H23F2N. The Labute approximate surface area is 97.2 Å². The quantitative estimate of drug-likeness (QED) is 0.617. The average molecular weight is 231 g/mol. The van der Waals surface area contributed by atoms with Crippen molar-refractivity contribution in [2.24, 2.45) is 17.3 Å². The molecule has 1 saturated carbocycles. The van der Waals surface area contributed by atoms with Crippen LogP contribution in [0.15, 0.2) is 0 Å². The highest BCUT2D eigenvalue weighted by molar-refractivity contribution is 5.20. The van der Waals surface area contributed by atoms with E-state index in [0.29, 0.717) is 6.54 Å². The van der Waals surface area contributed by atoms with Crippen LogP contribution in [0.3, 0.4) is 0 Å². The van der Waals surface area contributed by atoms with Gasteiger partial charge in [-0.15, -0.1) is 0 Å². The van der Waals surface area contributed by atoms with E-state index in [4.69, 9.17) is 0 Å². The Morgan fingerprint density at radius 2 is 1.56 bits per heavy atom. The summed E-state index contributed by atoms with van der Waals surface area (Å²) in [6, 6.07) is 0.00694. The Kier molecular flexibility index (Phi) is 2.29. The minimum absolute atomic E-state index is 0.00694. The number of nitrogens with zero attached hydrogens (tertiary/aromatic N) is 1. The van der Waals surface area contributed by atoms with Crippen LogP contribution in [0.5, 0.6) is 0 Å². The maximum absolute atomic E-state index is 13.6. The maximum atomic E-state index is 13.6. The van der Waals surface area contributed by atoms with E-state index in [1.807, 2.05) is 0 Å². The number of piperidine rings is 1. The van der Waals surface area contributed by atoms with Crippen LogP contribution < -0.4 is 0 Å². The number of rotatable bonds is 0. The van der Waals surface area contributed by atoms with Crippen molar-refractivity contribution >= 4 is 0 Å². The van der Waals surface area contributed by atoms with Crippen molar-refractivity contribution in [3.8, 4) is 0 Å². The zero-order valence-corrected chi connectivity index (χ0v) is 11.1. The first-order valence-electron chi connectivity index (χ1n) is 6.12. The van der Waals surface area contributed by atoms with E-state index < -0.39 is 17.8 Å². The van der Waals surface area contributed by atoms with Gasteiger partial charge in [-0.1, -0.05) is 20.8 Å². The van der Waals surface area contributed by atoms with Gasteiger partial charge in [-0.05, 0) is 26.2 Å². The fourth-order valence-electron chi connectivity index (χ4n) is 3.30. The molecule has 94 valence electrons. The van der Waals surface area contributed by atoms with Crippen LogP contribution >= 0.6 is 0 Å². The lowest BCUT2D eigenvalue weighted by atomic mass is 9.81. The first-order chi connectivity index (χ1) is 6.97. The minimum atomic E-state index is -2.40. The van der Waals surface area contributed by atoms with E-state index in [-0.39, 0.29) is 17.0 Å². The molecule has 3 heteroatoms. The second kappa shape index (κ2) is 2.98. The summed E-state index contributed by atoms with van der Waals surface area (Å²) in [5.41, 5.74) is -0.0892. The zero-order valence-electron chi connectivity index (χ0n) is 11.1. The molecule has 1 aliphatic heterocycles. The lowest BCUT2D eigenvalue weighted by Gasteiger charge is -2.45. The van der Waals surface area contributed by atoms with Gasteiger partial charge in [0.2, 0.25) is 0 Å². The van der Waals surface area contributed by atoms with Crippen LogP contribution in [0.1, 0.15) is 41.5 Å². The maximum Gasteiger partial charge on any atom is 0.257 e. The molecule has 0 spiro atoms. The Morgan fingerprint density at radius 1 is 1.06 bits per heavy atom. The van der Waals surface area contributed by atoms with Crippen molar-refractivity contribution in [1.82, 2.24) is 4.90 Å². The summed E-state index contributed by atoms with van der Waals surface area (Å²) in [7, 11) is 0. The molecule has 2 fully saturated rings. The third-order valence-corrected chi connectivity index (χ3v) is 4.08. The first-order valence-corrected chi connectivity index (χ1v) is 6.12. The molecule has 0 N–H and O–H groups in total. The van der Waals surface area contributed by atoms with E-state index >= 15 is 0 Å². The Hall–Kier alpha value is -0.180. The molecule has 0 aromatic rings. The predicted octanol–water partition coefficient (Wildman–Crippen LogP) is 3.40. The van der Waals surface area contributed by atoms with Crippen molar-refractivity contribution in [3.05, 3.63) is 0 Å². The third kappa shape index (κ3) is 1.59. The Morgan fingerprint density at radius 3 is 1.94 bits per heavy atom. The van der Waals surface area contributed by atoms with Crippen LogP contribution in [0.4, 0.5) is 8.78 Å². The summed E-state index contributed by atoms with van der Waals surface area (Å²) in [5.74, 6) is -3.21. The van der Waals surface area contributed by atoms with Crippen molar-refractivity contribution in [3.63, 3.8) is 0 Å². The molecule has 2 aliphatic rings. The minimum Gasteiger partial charge on any atom is -0.294 e. The number of hydrogen-bond donors (Lipinski definition) is 0. The average Bonchev–Trinajstić information content (AvgIpc) is 2.39. The molecule has 1 saturated heterocycles. The Bertz CT molecular complexity index is 298. The smallest absolute Gasteiger partial charge is 0.257 e. The molecule has 3 unspecified atom stereocenters. The van der Waals surface area contributed by atoms with Gasteiger partial charge in [-0.3, -0.25) is 4.90 Å². The van der Waals surface area contributed by atoms with Crippen LogP contribution in [0, 0.1) is 17.3 Å². The SMILES string of the molecule is CC(C)(C)C1C2C(CN1C(C)(C)C)C2(F)F. The van der Waals surface area contributed by atoms with E-state index in [1.165, 1.54) is 0 Å². The highest BCUT2D eigenvalue weighted by Gasteiger charge is 2.77. The van der Waals surface area contributed by atoms with Crippen molar-refractivity contribution in [2.75, 3.05) is 6.54 Å². The molecule has 16 heavy (non-hydrogen) atoms. The van der Waals surface area contributed by atoms with Gasteiger partial charge in [-0.25, -0.2) is 8.78 Å². The fourth-order valence-corrected chi connectivity index (χ4v) is 3.30. The normalized spacial score (nSPS) is 38.6. The lowest BCUT2D eigenvalue weighted by molar-refractivity contribution is -0.0307. The number of fused-ring (bicyclic) bond motifs is 1. The van der Waals surface area contributed by atoms with Gasteiger partial charge in [0, 0.05) is 30.0 Å². The number of hydrogen-bond acceptors (Lipinski definition) is 1. The zero-order chi connectivity index (χ0) is 12.5. The van der Waals surface area contributed by atoms with Crippen molar-refractivity contribution < 1.29 is 8.78 Å². The van der Waals surface area contributed by atoms with Gasteiger partial charge < -0.3 is 0 Å². The second-order valence-electron chi connectivity index (χ2n) is 7.44. The largest absolute Gasteiger partial charge is 0.294 e. The molecule has 1 aliphatic carbocycles. The van der Waals surface area contributed by atoms with Crippen molar-refractivity contribution in [1.29, 1.82) is 0 Å². The molecule has 2 rings (SSSR count). The number of halogens is 2. The van der Waals surface area contributed by atoms with Gasteiger partial charge >= 0.3 is 0 Å². The van der Waals surface area contributed by atoms with Crippen LogP contribution in [0.2, 0.25) is 0 Å². The van der Waals surface area contributed by atoms with Crippen LogP contribution in [-0.4, -0.2) is 28.9 Å². The van der Waals surface area contributed by atoms with Gasteiger partial charge in [0.05, 0.1) is 0 Å². The summed E-state index contributed by atoms with van der Waals surface area (Å²) in [5, 5.41) is 0. The molecule has 3 atom stereocenters. The highest BCUT2D eigenvalue weighted by Crippen LogP contribution is 2.65. The summed E-state index contributed by atoms with van der Waals surface area (Å²) >= 11 is 0. The molecule has 0 bridgehead atoms. The molecule has 0 aromatic carbocycles. The Balaban J connectivity index is 2.28. The molecule has 0 aromatic heterocycles. The van der Waals surface area contributed by atoms with E-state index in [0.717, 1.165) is 0 Å². The fraction of sp³-hybridized carbons (Fsp3) is 1.00. The van der Waals surface area contributed by atoms with Crippen LogP contribution in [-0.2, 0) is 0 Å². The van der Waals surface area contributed by atoms with E-state index in [1.54, 1.807) is 0 Å². The van der Waals surface area contributed by atoms with E-state index in [9.17, 15) is 8.78 Å². The predicted molar refractivity (Wildman–Crippen MR) is 61.6 cm³/mol. The second-order valence-corrected chi connectivity index (χ2v) is 7.44. The molecular weight excluding hydrogens is 208 g/mol. The summed E-state index contributed by atoms with van der Waals surface area (Å²) in [4.78, 5) is 2.28. The van der Waals surface area contributed by atoms with E-state index in [2.05, 4.69) is 46.4 Å². The summed E-state index contributed by atoms with van der Waals surface area (Å²) in [6.45, 7) is 13.1. The molecule has 1 heterocycles. The molecule has 1 nitrogen and oxygen atoms in total. The first kappa shape index (κ1) is 12.3. The molecule has 0 radical (unpaired) electrons. The number of likely N-dealkylation sites (tertiary alicyclic amines) is 1. The van der Waals surface area contributed by atoms with Gasteiger partial charge in [-0.2, -0.15) is 0 Å². The number of alkyl halides is 2. The van der Waals surface area contributed by atoms with Crippen LogP contribution in [0.25, 0.3) is 0 Å². The highest BCUT2D eigenvalue weighted by atomic mass is 19.3. The monoisotopic (exact) mass is 231 g/mol. The van der Waals surface area contributed by atoms with Gasteiger partial charge in [0.1, 0.15) is 0 Å². The standard InChI is InChI=1S/C13H23F2N/c1-11(2,3)10-9-8(13(9,14)15)7-16(10)12(4,5)6/h8-10H,7H2,1-6H3. The van der Waals surface area contributed by atoms with Crippen molar-refractivity contribution in [2.45, 2.75) is 59.0 Å². The third-order valence-electron chi connectivity index (χ3n) is 4.08. The summed E-state index contributed by atoms with van der Waals surface area (Å²) in [6.07, 6.45) is 0. The van der Waals surface area contributed by atoms with Gasteiger partial charge in [0.15, 0.2) is 0 Å². The van der Waals surface area contributed by atoms with Gasteiger partial charge in [0.25, 0.3) is 5.92 Å². The molecule has 0 amide bonds. The lowest BCUT2D eigenvalue weighted by Crippen LogP contribution is -2.53. The summed E-state index contributed by atoms with van der Waals surface area (Å²) < 4.78 is 27.1.